The Morgan fingerprint density at radius 2 is 1.79 bits per heavy atom. The van der Waals surface area contributed by atoms with Gasteiger partial charge in [-0.15, -0.1) is 0 Å². The second-order valence-electron chi connectivity index (χ2n) is 7.78. The van der Waals surface area contributed by atoms with Gasteiger partial charge in [0.05, 0.1) is 0 Å². The van der Waals surface area contributed by atoms with Crippen LogP contribution in [0.2, 0.25) is 0 Å². The molecule has 4 heteroatoms. The van der Waals surface area contributed by atoms with Gasteiger partial charge in [0.25, 0.3) is 0 Å². The fourth-order valence-electron chi connectivity index (χ4n) is 3.17. The fourth-order valence-corrected chi connectivity index (χ4v) is 3.17. The molecule has 0 saturated carbocycles. The van der Waals surface area contributed by atoms with E-state index in [1.807, 2.05) is 37.8 Å². The number of amides is 2. The van der Waals surface area contributed by atoms with Crippen molar-refractivity contribution in [3.8, 4) is 0 Å². The lowest BCUT2D eigenvalue weighted by Crippen LogP contribution is -2.46. The molecule has 2 rings (SSSR count). The van der Waals surface area contributed by atoms with Crippen molar-refractivity contribution in [2.45, 2.75) is 47.0 Å². The largest absolute Gasteiger partial charge is 0.356 e. The van der Waals surface area contributed by atoms with Crippen LogP contribution in [0.15, 0.2) is 24.3 Å². The lowest BCUT2D eigenvalue weighted by molar-refractivity contribution is -0.142. The molecule has 1 fully saturated rings. The number of benzene rings is 1. The summed E-state index contributed by atoms with van der Waals surface area (Å²) >= 11 is 0. The van der Waals surface area contributed by atoms with Gasteiger partial charge in [0, 0.05) is 31.0 Å². The number of likely N-dealkylation sites (tertiary alicyclic amines) is 1. The maximum Gasteiger partial charge on any atom is 0.227 e. The third-order valence-corrected chi connectivity index (χ3v) is 4.75. The Kier molecular flexibility index (Phi) is 6.03. The molecule has 2 amide bonds. The molecule has 1 aromatic rings. The van der Waals surface area contributed by atoms with Crippen LogP contribution in [0.25, 0.3) is 0 Å². The molecule has 1 N–H and O–H groups in total. The number of carbonyl (C=O) groups is 2. The van der Waals surface area contributed by atoms with Crippen molar-refractivity contribution in [1.29, 1.82) is 0 Å². The number of hydrogen-bond acceptors (Lipinski definition) is 2. The van der Waals surface area contributed by atoms with Gasteiger partial charge in [0.2, 0.25) is 11.8 Å². The van der Waals surface area contributed by atoms with Crippen LogP contribution in [-0.2, 0) is 16.0 Å². The molecular weight excluding hydrogens is 300 g/mol. The molecule has 0 unspecified atom stereocenters. The van der Waals surface area contributed by atoms with Crippen molar-refractivity contribution in [1.82, 2.24) is 10.2 Å². The van der Waals surface area contributed by atoms with E-state index in [0.29, 0.717) is 19.6 Å². The summed E-state index contributed by atoms with van der Waals surface area (Å²) in [6.45, 7) is 9.97. The predicted molar refractivity (Wildman–Crippen MR) is 96.7 cm³/mol. The number of aryl methyl sites for hydroxylation is 1. The van der Waals surface area contributed by atoms with Crippen molar-refractivity contribution in [2.24, 2.45) is 11.3 Å². The SMILES string of the molecule is Cc1ccccc1CCNC(=O)C1CCN(C(=O)C(C)(C)C)CC1. The van der Waals surface area contributed by atoms with Crippen LogP contribution >= 0.6 is 0 Å². The van der Waals surface area contributed by atoms with Crippen molar-refractivity contribution in [3.05, 3.63) is 35.4 Å². The van der Waals surface area contributed by atoms with Crippen molar-refractivity contribution in [3.63, 3.8) is 0 Å². The minimum absolute atomic E-state index is 0.0332. The van der Waals surface area contributed by atoms with E-state index in [2.05, 4.69) is 24.4 Å². The first-order valence-electron chi connectivity index (χ1n) is 8.90. The van der Waals surface area contributed by atoms with Crippen molar-refractivity contribution < 1.29 is 9.59 Å². The average Bonchev–Trinajstić information content (AvgIpc) is 2.55. The van der Waals surface area contributed by atoms with E-state index in [1.165, 1.54) is 11.1 Å². The van der Waals surface area contributed by atoms with Gasteiger partial charge in [-0.3, -0.25) is 9.59 Å². The molecule has 24 heavy (non-hydrogen) atoms. The Morgan fingerprint density at radius 1 is 1.17 bits per heavy atom. The van der Waals surface area contributed by atoms with Crippen LogP contribution in [0.5, 0.6) is 0 Å². The Bertz CT molecular complexity index is 582. The Labute approximate surface area is 145 Å². The first-order chi connectivity index (χ1) is 11.3. The van der Waals surface area contributed by atoms with Gasteiger partial charge in [-0.25, -0.2) is 0 Å². The predicted octanol–water partition coefficient (Wildman–Crippen LogP) is 2.94. The number of rotatable bonds is 4. The summed E-state index contributed by atoms with van der Waals surface area (Å²) in [5.41, 5.74) is 2.20. The van der Waals surface area contributed by atoms with Crippen molar-refractivity contribution >= 4 is 11.8 Å². The monoisotopic (exact) mass is 330 g/mol. The standard InChI is InChI=1S/C20H30N2O2/c1-15-7-5-6-8-16(15)9-12-21-18(23)17-10-13-22(14-11-17)19(24)20(2,3)4/h5-8,17H,9-14H2,1-4H3,(H,21,23). The minimum Gasteiger partial charge on any atom is -0.356 e. The zero-order valence-electron chi connectivity index (χ0n) is 15.4. The third kappa shape index (κ3) is 4.83. The number of piperidine rings is 1. The molecule has 0 aliphatic carbocycles. The van der Waals surface area contributed by atoms with Crippen LogP contribution < -0.4 is 5.32 Å². The van der Waals surface area contributed by atoms with Gasteiger partial charge < -0.3 is 10.2 Å². The van der Waals surface area contributed by atoms with Crippen LogP contribution in [0.3, 0.4) is 0 Å². The molecule has 0 bridgehead atoms. The second-order valence-corrected chi connectivity index (χ2v) is 7.78. The molecule has 0 aromatic heterocycles. The molecule has 1 aliphatic rings. The maximum atomic E-state index is 12.3. The van der Waals surface area contributed by atoms with Gasteiger partial charge in [-0.2, -0.15) is 0 Å². The molecule has 1 aliphatic heterocycles. The van der Waals surface area contributed by atoms with Gasteiger partial charge in [0.1, 0.15) is 0 Å². The number of carbonyl (C=O) groups excluding carboxylic acids is 2. The first kappa shape index (κ1) is 18.5. The topological polar surface area (TPSA) is 49.4 Å². The first-order valence-corrected chi connectivity index (χ1v) is 8.90. The quantitative estimate of drug-likeness (QED) is 0.923. The highest BCUT2D eigenvalue weighted by Crippen LogP contribution is 2.23. The fraction of sp³-hybridized carbons (Fsp3) is 0.600. The molecule has 1 aromatic carbocycles. The zero-order valence-corrected chi connectivity index (χ0v) is 15.4. The highest BCUT2D eigenvalue weighted by Gasteiger charge is 2.32. The van der Waals surface area contributed by atoms with Crippen LogP contribution in [0.1, 0.15) is 44.7 Å². The summed E-state index contributed by atoms with van der Waals surface area (Å²) in [7, 11) is 0. The molecule has 0 atom stereocenters. The second kappa shape index (κ2) is 7.82. The van der Waals surface area contributed by atoms with Crippen LogP contribution in [-0.4, -0.2) is 36.3 Å². The molecule has 1 heterocycles. The van der Waals surface area contributed by atoms with E-state index in [9.17, 15) is 9.59 Å². The Balaban J connectivity index is 1.75. The third-order valence-electron chi connectivity index (χ3n) is 4.75. The number of hydrogen-bond donors (Lipinski definition) is 1. The average molecular weight is 330 g/mol. The van der Waals surface area contributed by atoms with E-state index >= 15 is 0 Å². The molecular formula is C20H30N2O2. The molecule has 0 spiro atoms. The highest BCUT2D eigenvalue weighted by molar-refractivity contribution is 5.82. The van der Waals surface area contributed by atoms with Gasteiger partial charge in [0.15, 0.2) is 0 Å². The van der Waals surface area contributed by atoms with Crippen LogP contribution in [0, 0.1) is 18.3 Å². The van der Waals surface area contributed by atoms with E-state index in [4.69, 9.17) is 0 Å². The van der Waals surface area contributed by atoms with E-state index in [-0.39, 0.29) is 23.1 Å². The summed E-state index contributed by atoms with van der Waals surface area (Å²) in [6.07, 6.45) is 2.38. The minimum atomic E-state index is -0.345. The molecule has 132 valence electrons. The lowest BCUT2D eigenvalue weighted by Gasteiger charge is -2.35. The molecule has 0 radical (unpaired) electrons. The maximum absolute atomic E-state index is 12.3. The Hall–Kier alpha value is -1.84. The van der Waals surface area contributed by atoms with Gasteiger partial charge in [-0.1, -0.05) is 45.0 Å². The summed E-state index contributed by atoms with van der Waals surface area (Å²) < 4.78 is 0. The van der Waals surface area contributed by atoms with Crippen molar-refractivity contribution in [2.75, 3.05) is 19.6 Å². The summed E-state index contributed by atoms with van der Waals surface area (Å²) in [6, 6.07) is 8.27. The normalized spacial score (nSPS) is 16.1. The molecule has 4 nitrogen and oxygen atoms in total. The number of nitrogens with one attached hydrogen (secondary N) is 1. The highest BCUT2D eigenvalue weighted by atomic mass is 16.2. The number of nitrogens with zero attached hydrogens (tertiary/aromatic N) is 1. The van der Waals surface area contributed by atoms with E-state index in [0.717, 1.165) is 19.3 Å². The Morgan fingerprint density at radius 3 is 2.38 bits per heavy atom. The van der Waals surface area contributed by atoms with Crippen LogP contribution in [0.4, 0.5) is 0 Å². The molecule has 1 saturated heterocycles. The lowest BCUT2D eigenvalue weighted by atomic mass is 9.90. The summed E-state index contributed by atoms with van der Waals surface area (Å²) in [5, 5.41) is 3.06. The summed E-state index contributed by atoms with van der Waals surface area (Å²) in [5.74, 6) is 0.346. The van der Waals surface area contributed by atoms with Gasteiger partial charge >= 0.3 is 0 Å². The van der Waals surface area contributed by atoms with E-state index in [1.54, 1.807) is 0 Å². The van der Waals surface area contributed by atoms with Gasteiger partial charge in [-0.05, 0) is 37.3 Å². The smallest absolute Gasteiger partial charge is 0.227 e. The summed E-state index contributed by atoms with van der Waals surface area (Å²) in [4.78, 5) is 26.5. The van der Waals surface area contributed by atoms with E-state index < -0.39 is 0 Å². The zero-order chi connectivity index (χ0) is 17.7.